The molecule has 8 nitrogen and oxygen atoms in total. The van der Waals surface area contributed by atoms with Gasteiger partial charge in [-0.1, -0.05) is 11.6 Å². The van der Waals surface area contributed by atoms with Crippen LogP contribution in [0.25, 0.3) is 0 Å². The zero-order chi connectivity index (χ0) is 21.3. The van der Waals surface area contributed by atoms with E-state index in [4.69, 9.17) is 25.8 Å². The minimum absolute atomic E-state index is 0.0541. The van der Waals surface area contributed by atoms with Crippen LogP contribution in [0.15, 0.2) is 42.5 Å². The highest BCUT2D eigenvalue weighted by Crippen LogP contribution is 2.32. The second-order valence-corrected chi connectivity index (χ2v) is 7.19. The maximum atomic E-state index is 12.1. The number of benzene rings is 2. The van der Waals surface area contributed by atoms with Crippen molar-refractivity contribution >= 4 is 29.2 Å². The normalized spacial score (nSPS) is 12.8. The summed E-state index contributed by atoms with van der Waals surface area (Å²) in [5, 5.41) is 5.57. The SMILES string of the molecule is CN(CCOc1ccc(Cl)cc1)CC(=O)NC(=O)Nc1ccc2c(c1)OCCCO2. The van der Waals surface area contributed by atoms with Crippen molar-refractivity contribution < 1.29 is 23.8 Å². The third-order valence-corrected chi connectivity index (χ3v) is 4.48. The van der Waals surface area contributed by atoms with Crippen LogP contribution in [0, 0.1) is 0 Å². The number of hydrogen-bond acceptors (Lipinski definition) is 6. The number of rotatable bonds is 7. The Morgan fingerprint density at radius 1 is 1.10 bits per heavy atom. The predicted molar refractivity (Wildman–Crippen MR) is 114 cm³/mol. The number of likely N-dealkylation sites (N-methyl/N-ethyl adjacent to an activating group) is 1. The van der Waals surface area contributed by atoms with Crippen molar-refractivity contribution in [1.82, 2.24) is 10.2 Å². The van der Waals surface area contributed by atoms with E-state index in [0.717, 1.165) is 6.42 Å². The summed E-state index contributed by atoms with van der Waals surface area (Å²) in [5.41, 5.74) is 0.509. The summed E-state index contributed by atoms with van der Waals surface area (Å²) in [7, 11) is 1.77. The first kappa shape index (κ1) is 21.7. The highest BCUT2D eigenvalue weighted by Gasteiger charge is 2.14. The molecule has 2 aromatic rings. The number of nitrogens with one attached hydrogen (secondary N) is 2. The molecule has 0 saturated carbocycles. The zero-order valence-corrected chi connectivity index (χ0v) is 17.4. The van der Waals surface area contributed by atoms with Crippen molar-refractivity contribution in [1.29, 1.82) is 0 Å². The Kier molecular flexibility index (Phi) is 7.75. The average Bonchev–Trinajstić information content (AvgIpc) is 2.94. The quantitative estimate of drug-likeness (QED) is 0.697. The number of nitrogens with zero attached hydrogens (tertiary/aromatic N) is 1. The summed E-state index contributed by atoms with van der Waals surface area (Å²) in [6.07, 6.45) is 0.796. The number of anilines is 1. The fourth-order valence-electron chi connectivity index (χ4n) is 2.74. The molecule has 0 atom stereocenters. The number of carbonyl (C=O) groups excluding carboxylic acids is 2. The summed E-state index contributed by atoms with van der Waals surface area (Å²) < 4.78 is 16.7. The molecule has 0 spiro atoms. The molecule has 9 heteroatoms. The van der Waals surface area contributed by atoms with E-state index in [9.17, 15) is 9.59 Å². The Hall–Kier alpha value is -2.97. The van der Waals surface area contributed by atoms with Crippen molar-refractivity contribution in [3.8, 4) is 17.2 Å². The highest BCUT2D eigenvalue weighted by molar-refractivity contribution is 6.30. The fourth-order valence-corrected chi connectivity index (χ4v) is 2.87. The lowest BCUT2D eigenvalue weighted by Crippen LogP contribution is -2.41. The number of fused-ring (bicyclic) bond motifs is 1. The van der Waals surface area contributed by atoms with Crippen molar-refractivity contribution in [2.75, 3.05) is 45.3 Å². The molecule has 3 amide bonds. The Morgan fingerprint density at radius 2 is 1.83 bits per heavy atom. The third-order valence-electron chi connectivity index (χ3n) is 4.23. The molecule has 0 bridgehead atoms. The van der Waals surface area contributed by atoms with Crippen molar-refractivity contribution in [3.63, 3.8) is 0 Å². The van der Waals surface area contributed by atoms with Crippen LogP contribution in [0.1, 0.15) is 6.42 Å². The topological polar surface area (TPSA) is 89.1 Å². The minimum Gasteiger partial charge on any atom is -0.492 e. The first-order valence-corrected chi connectivity index (χ1v) is 9.95. The number of carbonyl (C=O) groups is 2. The molecule has 30 heavy (non-hydrogen) atoms. The zero-order valence-electron chi connectivity index (χ0n) is 16.7. The summed E-state index contributed by atoms with van der Waals surface area (Å²) in [4.78, 5) is 25.9. The first-order chi connectivity index (χ1) is 14.5. The Balaban J connectivity index is 1.39. The van der Waals surface area contributed by atoms with Gasteiger partial charge in [0.05, 0.1) is 19.8 Å². The molecule has 1 aliphatic heterocycles. The predicted octanol–water partition coefficient (Wildman–Crippen LogP) is 3.16. The van der Waals surface area contributed by atoms with Crippen LogP contribution in [-0.2, 0) is 4.79 Å². The van der Waals surface area contributed by atoms with Gasteiger partial charge < -0.3 is 19.5 Å². The van der Waals surface area contributed by atoms with Crippen LogP contribution in [0.3, 0.4) is 0 Å². The summed E-state index contributed by atoms with van der Waals surface area (Å²) in [5.74, 6) is 1.48. The second kappa shape index (κ2) is 10.7. The average molecular weight is 434 g/mol. The summed E-state index contributed by atoms with van der Waals surface area (Å²) in [6, 6.07) is 11.5. The lowest BCUT2D eigenvalue weighted by atomic mass is 10.3. The van der Waals surface area contributed by atoms with Gasteiger partial charge in [-0.3, -0.25) is 15.0 Å². The van der Waals surface area contributed by atoms with Gasteiger partial charge in [-0.05, 0) is 43.4 Å². The van der Waals surface area contributed by atoms with Crippen LogP contribution in [0.2, 0.25) is 5.02 Å². The van der Waals surface area contributed by atoms with E-state index in [1.807, 2.05) is 0 Å². The maximum absolute atomic E-state index is 12.1. The summed E-state index contributed by atoms with van der Waals surface area (Å²) >= 11 is 5.83. The molecule has 3 rings (SSSR count). The van der Waals surface area contributed by atoms with Gasteiger partial charge in [0.25, 0.3) is 0 Å². The largest absolute Gasteiger partial charge is 0.492 e. The highest BCUT2D eigenvalue weighted by atomic mass is 35.5. The van der Waals surface area contributed by atoms with Crippen LogP contribution < -0.4 is 24.8 Å². The number of imide groups is 1. The first-order valence-electron chi connectivity index (χ1n) is 9.57. The fraction of sp³-hybridized carbons (Fsp3) is 0.333. The minimum atomic E-state index is -0.611. The Morgan fingerprint density at radius 3 is 2.60 bits per heavy atom. The molecule has 2 aromatic carbocycles. The van der Waals surface area contributed by atoms with Crippen molar-refractivity contribution in [2.45, 2.75) is 6.42 Å². The van der Waals surface area contributed by atoms with E-state index in [1.165, 1.54) is 0 Å². The lowest BCUT2D eigenvalue weighted by Gasteiger charge is -2.16. The van der Waals surface area contributed by atoms with Crippen LogP contribution in [-0.4, -0.2) is 56.8 Å². The molecule has 160 valence electrons. The van der Waals surface area contributed by atoms with Gasteiger partial charge in [0.1, 0.15) is 12.4 Å². The Bertz CT molecular complexity index is 875. The molecule has 0 aromatic heterocycles. The number of halogens is 1. The van der Waals surface area contributed by atoms with Gasteiger partial charge in [-0.25, -0.2) is 4.79 Å². The van der Waals surface area contributed by atoms with E-state index in [2.05, 4.69) is 10.6 Å². The Labute approximate surface area is 180 Å². The van der Waals surface area contributed by atoms with E-state index >= 15 is 0 Å². The van der Waals surface area contributed by atoms with E-state index < -0.39 is 11.9 Å². The van der Waals surface area contributed by atoms with Gasteiger partial charge in [0.2, 0.25) is 5.91 Å². The molecule has 0 aliphatic carbocycles. The van der Waals surface area contributed by atoms with Gasteiger partial charge >= 0.3 is 6.03 Å². The maximum Gasteiger partial charge on any atom is 0.325 e. The second-order valence-electron chi connectivity index (χ2n) is 6.75. The molecule has 1 aliphatic rings. The molecule has 2 N–H and O–H groups in total. The third kappa shape index (κ3) is 6.82. The van der Waals surface area contributed by atoms with Crippen molar-refractivity contribution in [2.24, 2.45) is 0 Å². The van der Waals surface area contributed by atoms with Gasteiger partial charge in [0, 0.05) is 29.7 Å². The van der Waals surface area contributed by atoms with Crippen molar-refractivity contribution in [3.05, 3.63) is 47.5 Å². The number of urea groups is 1. The van der Waals surface area contributed by atoms with Gasteiger partial charge in [-0.15, -0.1) is 0 Å². The van der Waals surface area contributed by atoms with E-state index in [1.54, 1.807) is 54.4 Å². The van der Waals surface area contributed by atoms with Crippen LogP contribution in [0.4, 0.5) is 10.5 Å². The number of hydrogen-bond donors (Lipinski definition) is 2. The van der Waals surface area contributed by atoms with E-state index in [-0.39, 0.29) is 6.54 Å². The smallest absolute Gasteiger partial charge is 0.325 e. The monoisotopic (exact) mass is 433 g/mol. The summed E-state index contributed by atoms with van der Waals surface area (Å²) in [6.45, 7) is 2.11. The molecule has 1 heterocycles. The molecule has 0 unspecified atom stereocenters. The van der Waals surface area contributed by atoms with Crippen LogP contribution in [0.5, 0.6) is 17.2 Å². The molecular formula is C21H24ClN3O5. The molecule has 0 saturated heterocycles. The van der Waals surface area contributed by atoms with E-state index in [0.29, 0.717) is 54.3 Å². The lowest BCUT2D eigenvalue weighted by molar-refractivity contribution is -0.120. The van der Waals surface area contributed by atoms with Gasteiger partial charge in [0.15, 0.2) is 11.5 Å². The molecular weight excluding hydrogens is 410 g/mol. The number of amides is 3. The standard InChI is InChI=1S/C21H24ClN3O5/c1-25(9-12-28-17-6-3-15(22)4-7-17)14-20(26)24-21(27)23-16-5-8-18-19(13-16)30-11-2-10-29-18/h3-8,13H,2,9-12,14H2,1H3,(H2,23,24,26,27). The molecule has 0 radical (unpaired) electrons. The molecule has 0 fully saturated rings. The van der Waals surface area contributed by atoms with Gasteiger partial charge in [-0.2, -0.15) is 0 Å². The van der Waals surface area contributed by atoms with Crippen LogP contribution >= 0.6 is 11.6 Å². The number of ether oxygens (including phenoxy) is 3.